The van der Waals surface area contributed by atoms with E-state index < -0.39 is 12.2 Å². The molecule has 5 unspecified atom stereocenters. The molecule has 0 aromatic heterocycles. The summed E-state index contributed by atoms with van der Waals surface area (Å²) in [6.07, 6.45) is 15.2. The topological polar surface area (TPSA) is 60.7 Å². The molecule has 0 radical (unpaired) electrons. The van der Waals surface area contributed by atoms with Crippen LogP contribution in [0.1, 0.15) is 84.5 Å². The summed E-state index contributed by atoms with van der Waals surface area (Å²) < 4.78 is 0. The van der Waals surface area contributed by atoms with E-state index in [9.17, 15) is 15.3 Å². The third-order valence-electron chi connectivity index (χ3n) is 9.07. The van der Waals surface area contributed by atoms with Crippen LogP contribution in [-0.4, -0.2) is 33.6 Å². The molecule has 0 aromatic carbocycles. The van der Waals surface area contributed by atoms with E-state index in [1.165, 1.54) is 44.9 Å². The van der Waals surface area contributed by atoms with Crippen molar-refractivity contribution >= 4 is 0 Å². The van der Waals surface area contributed by atoms with Crippen LogP contribution >= 0.6 is 0 Å². The van der Waals surface area contributed by atoms with Crippen LogP contribution < -0.4 is 0 Å². The fourth-order valence-electron chi connectivity index (χ4n) is 7.03. The summed E-state index contributed by atoms with van der Waals surface area (Å²) in [7, 11) is 0. The van der Waals surface area contributed by atoms with Gasteiger partial charge in [0.05, 0.1) is 18.3 Å². The maximum absolute atomic E-state index is 10.3. The summed E-state index contributed by atoms with van der Waals surface area (Å²) in [5, 5.41) is 30.5. The van der Waals surface area contributed by atoms with Gasteiger partial charge >= 0.3 is 0 Å². The maximum atomic E-state index is 10.3. The number of aliphatic hydroxyl groups excluding tert-OH is 3. The van der Waals surface area contributed by atoms with Gasteiger partial charge in [0.15, 0.2) is 0 Å². The normalized spacial score (nSPS) is 41.8. The lowest BCUT2D eigenvalue weighted by Crippen LogP contribution is -2.36. The second-order valence-corrected chi connectivity index (χ2v) is 11.1. The largest absolute Gasteiger partial charge is 0.393 e. The molecule has 3 heteroatoms. The third kappa shape index (κ3) is 4.49. The summed E-state index contributed by atoms with van der Waals surface area (Å²) in [5.41, 5.74) is 3.72. The van der Waals surface area contributed by atoms with Gasteiger partial charge in [0.2, 0.25) is 0 Å². The van der Waals surface area contributed by atoms with Gasteiger partial charge in [-0.25, -0.2) is 0 Å². The summed E-state index contributed by atoms with van der Waals surface area (Å²) >= 11 is 0. The van der Waals surface area contributed by atoms with Gasteiger partial charge < -0.3 is 15.3 Å². The van der Waals surface area contributed by atoms with Gasteiger partial charge in [-0.15, -0.1) is 0 Å². The molecule has 4 fully saturated rings. The molecule has 0 aliphatic heterocycles. The second-order valence-electron chi connectivity index (χ2n) is 11.1. The molecule has 30 heavy (non-hydrogen) atoms. The van der Waals surface area contributed by atoms with E-state index in [1.54, 1.807) is 5.57 Å². The summed E-state index contributed by atoms with van der Waals surface area (Å²) in [6.45, 7) is 9.01. The van der Waals surface area contributed by atoms with Crippen molar-refractivity contribution < 1.29 is 15.3 Å². The van der Waals surface area contributed by atoms with Gasteiger partial charge in [0.1, 0.15) is 0 Å². The number of hydrogen-bond acceptors (Lipinski definition) is 3. The molecule has 3 N–H and O–H groups in total. The molecule has 0 bridgehead atoms. The number of aliphatic hydroxyl groups is 3. The van der Waals surface area contributed by atoms with Crippen molar-refractivity contribution in [1.82, 2.24) is 0 Å². The summed E-state index contributed by atoms with van der Waals surface area (Å²) in [4.78, 5) is 0. The summed E-state index contributed by atoms with van der Waals surface area (Å²) in [5.74, 6) is 2.66. The predicted molar refractivity (Wildman–Crippen MR) is 122 cm³/mol. The van der Waals surface area contributed by atoms with Gasteiger partial charge in [-0.2, -0.15) is 0 Å². The Bertz CT molecular complexity index is 703. The van der Waals surface area contributed by atoms with Crippen molar-refractivity contribution in [3.8, 4) is 0 Å². The first-order chi connectivity index (χ1) is 14.3. The first-order valence-electron chi connectivity index (χ1n) is 12.4. The van der Waals surface area contributed by atoms with Gasteiger partial charge in [-0.3, -0.25) is 0 Å². The van der Waals surface area contributed by atoms with Crippen LogP contribution in [-0.2, 0) is 0 Å². The van der Waals surface area contributed by atoms with Crippen LogP contribution in [0, 0.1) is 29.1 Å². The minimum absolute atomic E-state index is 0.0693. The van der Waals surface area contributed by atoms with Crippen molar-refractivity contribution in [3.05, 3.63) is 35.5 Å². The standard InChI is InChI=1S/C27H42O3/c1-17(6-13-25(29)20-8-9-20)23-11-12-24-19(5-4-14-27(23,24)3)7-10-21-15-22(28)16-26(30)18(21)2/h7,10,17,20,22-26,28-30H,2,4-6,8-9,11-16H2,1,3H3/t17?,22?,23?,24-,25?,26?,27-/m1/s1. The highest BCUT2D eigenvalue weighted by atomic mass is 16.3. The van der Waals surface area contributed by atoms with Gasteiger partial charge in [0, 0.05) is 6.42 Å². The monoisotopic (exact) mass is 414 g/mol. The number of rotatable bonds is 6. The molecule has 4 aliphatic rings. The minimum Gasteiger partial charge on any atom is -0.393 e. The lowest BCUT2D eigenvalue weighted by Gasteiger charge is -2.44. The van der Waals surface area contributed by atoms with Crippen LogP contribution in [0.25, 0.3) is 0 Å². The van der Waals surface area contributed by atoms with E-state index in [1.807, 2.05) is 0 Å². The Balaban J connectivity index is 1.44. The Morgan fingerprint density at radius 3 is 2.63 bits per heavy atom. The first kappa shape index (κ1) is 22.3. The molecule has 0 amide bonds. The summed E-state index contributed by atoms with van der Waals surface area (Å²) in [6, 6.07) is 0. The van der Waals surface area contributed by atoms with E-state index >= 15 is 0 Å². The fourth-order valence-corrected chi connectivity index (χ4v) is 7.03. The van der Waals surface area contributed by atoms with Crippen LogP contribution in [0.5, 0.6) is 0 Å². The van der Waals surface area contributed by atoms with Crippen molar-refractivity contribution in [2.45, 2.75) is 103 Å². The lowest BCUT2D eigenvalue weighted by atomic mass is 9.60. The van der Waals surface area contributed by atoms with Crippen LogP contribution in [0.4, 0.5) is 0 Å². The molecule has 4 saturated carbocycles. The number of hydrogen-bond donors (Lipinski definition) is 3. The molecule has 0 aromatic rings. The Labute approximate surface area is 183 Å². The molecular weight excluding hydrogens is 372 g/mol. The third-order valence-corrected chi connectivity index (χ3v) is 9.07. The van der Waals surface area contributed by atoms with Crippen molar-refractivity contribution in [3.63, 3.8) is 0 Å². The Kier molecular flexibility index (Phi) is 6.63. The molecule has 4 aliphatic carbocycles. The smallest absolute Gasteiger partial charge is 0.0811 e. The van der Waals surface area contributed by atoms with Gasteiger partial charge in [-0.05, 0) is 104 Å². The van der Waals surface area contributed by atoms with Crippen molar-refractivity contribution in [2.75, 3.05) is 0 Å². The zero-order valence-electron chi connectivity index (χ0n) is 19.0. The maximum Gasteiger partial charge on any atom is 0.0811 e. The molecule has 4 rings (SSSR count). The number of allylic oxidation sites excluding steroid dienone is 3. The Morgan fingerprint density at radius 1 is 1.13 bits per heavy atom. The van der Waals surface area contributed by atoms with Crippen LogP contribution in [0.3, 0.4) is 0 Å². The second kappa shape index (κ2) is 8.92. The van der Waals surface area contributed by atoms with E-state index in [4.69, 9.17) is 0 Å². The predicted octanol–water partition coefficient (Wildman–Crippen LogP) is 5.31. The zero-order valence-corrected chi connectivity index (χ0v) is 19.0. The van der Waals surface area contributed by atoms with E-state index in [2.05, 4.69) is 32.6 Å². The highest BCUT2D eigenvalue weighted by molar-refractivity contribution is 5.38. The molecule has 0 saturated heterocycles. The first-order valence-corrected chi connectivity index (χ1v) is 12.4. The fraction of sp³-hybridized carbons (Fsp3) is 0.778. The molecule has 3 nitrogen and oxygen atoms in total. The average molecular weight is 415 g/mol. The SMILES string of the molecule is C=C1C(=CC=C2CCC[C@]3(C)C(C(C)CCC(O)C4CC4)CC[C@H]23)CC(O)CC1O. The van der Waals surface area contributed by atoms with Gasteiger partial charge in [-0.1, -0.05) is 38.2 Å². The van der Waals surface area contributed by atoms with Gasteiger partial charge in [0.25, 0.3) is 0 Å². The van der Waals surface area contributed by atoms with Crippen LogP contribution in [0.2, 0.25) is 0 Å². The Morgan fingerprint density at radius 2 is 1.90 bits per heavy atom. The zero-order chi connectivity index (χ0) is 21.5. The number of fused-ring (bicyclic) bond motifs is 1. The average Bonchev–Trinajstić information content (AvgIpc) is 3.49. The molecule has 7 atom stereocenters. The van der Waals surface area contributed by atoms with E-state index in [-0.39, 0.29) is 6.10 Å². The molecule has 168 valence electrons. The highest BCUT2D eigenvalue weighted by Crippen LogP contribution is 2.60. The van der Waals surface area contributed by atoms with E-state index in [0.29, 0.717) is 36.0 Å². The van der Waals surface area contributed by atoms with Crippen molar-refractivity contribution in [2.24, 2.45) is 29.1 Å². The highest BCUT2D eigenvalue weighted by Gasteiger charge is 2.50. The molecular formula is C27H42O3. The quantitative estimate of drug-likeness (QED) is 0.552. The van der Waals surface area contributed by atoms with Crippen LogP contribution in [0.15, 0.2) is 35.5 Å². The molecule has 0 heterocycles. The van der Waals surface area contributed by atoms with Crippen molar-refractivity contribution in [1.29, 1.82) is 0 Å². The Hall–Kier alpha value is -0.900. The van der Waals surface area contributed by atoms with E-state index in [0.717, 1.165) is 29.9 Å². The lowest BCUT2D eigenvalue weighted by molar-refractivity contribution is 0.0784. The molecule has 0 spiro atoms. The minimum atomic E-state index is -0.613.